The second-order valence-electron chi connectivity index (χ2n) is 14.6. The lowest BCUT2D eigenvalue weighted by Crippen LogP contribution is -2.00. The lowest BCUT2D eigenvalue weighted by atomic mass is 9.91. The van der Waals surface area contributed by atoms with E-state index in [2.05, 4.69) is 140 Å². The summed E-state index contributed by atoms with van der Waals surface area (Å²) in [6.45, 7) is 0. The Hall–Kier alpha value is -6.95. The van der Waals surface area contributed by atoms with Crippen LogP contribution in [0.5, 0.6) is 0 Å². The lowest BCUT2D eigenvalue weighted by molar-refractivity contribution is 0.673. The molecule has 262 valence electrons. The van der Waals surface area contributed by atoms with Gasteiger partial charge in [-0.25, -0.2) is 15.0 Å². The summed E-state index contributed by atoms with van der Waals surface area (Å²) >= 11 is 1.88. The van der Waals surface area contributed by atoms with E-state index in [1.54, 1.807) is 0 Å². The number of fused-ring (bicyclic) bond motifs is 11. The first-order chi connectivity index (χ1) is 27.7. The quantitative estimate of drug-likeness (QED) is 0.169. The van der Waals surface area contributed by atoms with Crippen LogP contribution in [-0.2, 0) is 6.42 Å². The standard InChI is InChI=1S/C51H31N3OS/c1-2-12-32(13-3-1)49-52-50(35-25-26-38-37-16-7-9-20-44(37)56-45(38)29-35)54-51(53-49)39-18-10-14-31-21-23-33(27-41(31)39)42-28-34-24-22-30-11-4-5-15-36(30)46(34)48-47(42)40-17-6-8-19-43(40)55-48/h1-8,10-19,21-29H,9,20H2. The van der Waals surface area contributed by atoms with Crippen molar-refractivity contribution >= 4 is 81.8 Å². The molecule has 3 aromatic heterocycles. The molecule has 12 rings (SSSR count). The number of aryl methyl sites for hydroxylation is 1. The molecule has 4 nitrogen and oxygen atoms in total. The molecule has 0 saturated carbocycles. The molecule has 0 fully saturated rings. The number of hydrogen-bond acceptors (Lipinski definition) is 5. The molecule has 0 saturated heterocycles. The third-order valence-electron chi connectivity index (χ3n) is 11.3. The van der Waals surface area contributed by atoms with Crippen molar-refractivity contribution in [1.82, 2.24) is 15.0 Å². The second-order valence-corrected chi connectivity index (χ2v) is 15.8. The van der Waals surface area contributed by atoms with E-state index in [4.69, 9.17) is 19.4 Å². The minimum Gasteiger partial charge on any atom is -0.455 e. The molecule has 1 aliphatic carbocycles. The highest BCUT2D eigenvalue weighted by Gasteiger charge is 2.20. The van der Waals surface area contributed by atoms with E-state index in [1.807, 2.05) is 35.6 Å². The average Bonchev–Trinajstić information content (AvgIpc) is 3.84. The molecule has 0 amide bonds. The molecule has 56 heavy (non-hydrogen) atoms. The van der Waals surface area contributed by atoms with Gasteiger partial charge in [0, 0.05) is 42.4 Å². The Morgan fingerprint density at radius 2 is 1.21 bits per heavy atom. The van der Waals surface area contributed by atoms with Gasteiger partial charge in [0.25, 0.3) is 0 Å². The molecule has 8 aromatic carbocycles. The normalized spacial score (nSPS) is 12.8. The highest BCUT2D eigenvalue weighted by Crippen LogP contribution is 2.45. The Balaban J connectivity index is 1.08. The summed E-state index contributed by atoms with van der Waals surface area (Å²) in [6, 6.07) is 53.7. The maximum atomic E-state index is 6.75. The molecule has 0 bridgehead atoms. The van der Waals surface area contributed by atoms with Gasteiger partial charge >= 0.3 is 0 Å². The number of nitrogens with zero attached hydrogens (tertiary/aromatic N) is 3. The van der Waals surface area contributed by atoms with E-state index < -0.39 is 0 Å². The summed E-state index contributed by atoms with van der Waals surface area (Å²) in [5.74, 6) is 1.97. The van der Waals surface area contributed by atoms with Crippen LogP contribution in [-0.4, -0.2) is 15.0 Å². The average molecular weight is 734 g/mol. The first-order valence-electron chi connectivity index (χ1n) is 19.1. The molecular weight excluding hydrogens is 703 g/mol. The van der Waals surface area contributed by atoms with Gasteiger partial charge in [0.2, 0.25) is 0 Å². The van der Waals surface area contributed by atoms with E-state index in [1.165, 1.54) is 31.3 Å². The zero-order chi connectivity index (χ0) is 36.7. The highest BCUT2D eigenvalue weighted by atomic mass is 32.1. The number of rotatable bonds is 4. The van der Waals surface area contributed by atoms with Crippen molar-refractivity contribution < 1.29 is 4.42 Å². The van der Waals surface area contributed by atoms with Gasteiger partial charge in [-0.2, -0.15) is 0 Å². The van der Waals surface area contributed by atoms with Crippen LogP contribution in [0.1, 0.15) is 16.9 Å². The minimum absolute atomic E-state index is 0.647. The predicted molar refractivity (Wildman–Crippen MR) is 234 cm³/mol. The van der Waals surface area contributed by atoms with E-state index in [-0.39, 0.29) is 0 Å². The van der Waals surface area contributed by atoms with E-state index >= 15 is 0 Å². The summed E-state index contributed by atoms with van der Waals surface area (Å²) in [5, 5.41) is 10.4. The fourth-order valence-electron chi connectivity index (χ4n) is 8.67. The summed E-state index contributed by atoms with van der Waals surface area (Å²) in [7, 11) is 0. The number of hydrogen-bond donors (Lipinski definition) is 0. The summed E-state index contributed by atoms with van der Waals surface area (Å²) in [4.78, 5) is 17.0. The third kappa shape index (κ3) is 4.88. The largest absolute Gasteiger partial charge is 0.455 e. The van der Waals surface area contributed by atoms with Crippen LogP contribution < -0.4 is 0 Å². The SMILES string of the molecule is C1=Cc2c(sc3cc(-c4nc(-c5ccccc5)nc(-c5cccc6ccc(-c7cc8ccc9ccccc9c8c8oc9ccccc9c78)cc56)n4)ccc23)CC1. The maximum Gasteiger partial charge on any atom is 0.164 e. The van der Waals surface area contributed by atoms with Crippen LogP contribution in [0.15, 0.2) is 162 Å². The van der Waals surface area contributed by atoms with Gasteiger partial charge in [0.15, 0.2) is 17.5 Å². The van der Waals surface area contributed by atoms with Crippen LogP contribution in [0.25, 0.3) is 116 Å². The van der Waals surface area contributed by atoms with Crippen molar-refractivity contribution in [3.8, 4) is 45.3 Å². The predicted octanol–water partition coefficient (Wildman–Crippen LogP) is 14.1. The molecule has 0 aliphatic heterocycles. The number of benzene rings is 8. The number of para-hydroxylation sites is 1. The monoisotopic (exact) mass is 733 g/mol. The smallest absolute Gasteiger partial charge is 0.164 e. The van der Waals surface area contributed by atoms with Gasteiger partial charge in [-0.05, 0) is 86.1 Å². The molecule has 0 radical (unpaired) electrons. The zero-order valence-corrected chi connectivity index (χ0v) is 31.0. The Bertz CT molecular complexity index is 3430. The summed E-state index contributed by atoms with van der Waals surface area (Å²) < 4.78 is 8.01. The Labute approximate surface area is 326 Å². The van der Waals surface area contributed by atoms with Crippen LogP contribution in [0.4, 0.5) is 0 Å². The van der Waals surface area contributed by atoms with Crippen LogP contribution in [0.3, 0.4) is 0 Å². The van der Waals surface area contributed by atoms with Gasteiger partial charge in [-0.15, -0.1) is 11.3 Å². The number of thiophene rings is 1. The molecule has 11 aromatic rings. The molecule has 0 unspecified atom stereocenters. The molecule has 5 heteroatoms. The Kier molecular flexibility index (Phi) is 6.89. The Morgan fingerprint density at radius 3 is 2.14 bits per heavy atom. The van der Waals surface area contributed by atoms with Crippen molar-refractivity contribution in [3.63, 3.8) is 0 Å². The topological polar surface area (TPSA) is 51.8 Å². The number of allylic oxidation sites excluding steroid dienone is 1. The summed E-state index contributed by atoms with van der Waals surface area (Å²) in [5.41, 5.74) is 8.29. The number of furan rings is 1. The summed E-state index contributed by atoms with van der Waals surface area (Å²) in [6.07, 6.45) is 6.75. The first-order valence-corrected chi connectivity index (χ1v) is 19.9. The van der Waals surface area contributed by atoms with Crippen molar-refractivity contribution in [2.75, 3.05) is 0 Å². The first kappa shape index (κ1) is 31.4. The van der Waals surface area contributed by atoms with Crippen LogP contribution in [0, 0.1) is 0 Å². The van der Waals surface area contributed by atoms with Gasteiger partial charge in [0.05, 0.1) is 0 Å². The van der Waals surface area contributed by atoms with Gasteiger partial charge in [-0.3, -0.25) is 0 Å². The van der Waals surface area contributed by atoms with E-state index in [0.717, 1.165) is 84.1 Å². The maximum absolute atomic E-state index is 6.75. The molecule has 0 spiro atoms. The third-order valence-corrected chi connectivity index (χ3v) is 12.6. The molecule has 3 heterocycles. The van der Waals surface area contributed by atoms with Gasteiger partial charge in [-0.1, -0.05) is 140 Å². The van der Waals surface area contributed by atoms with Gasteiger partial charge < -0.3 is 4.42 Å². The fourth-order valence-corrected chi connectivity index (χ4v) is 9.92. The van der Waals surface area contributed by atoms with Crippen molar-refractivity contribution in [3.05, 3.63) is 168 Å². The van der Waals surface area contributed by atoms with Crippen molar-refractivity contribution in [1.29, 1.82) is 0 Å². The lowest BCUT2D eigenvalue weighted by Gasteiger charge is -2.13. The zero-order valence-electron chi connectivity index (χ0n) is 30.2. The van der Waals surface area contributed by atoms with E-state index in [9.17, 15) is 0 Å². The molecule has 1 aliphatic rings. The molecule has 0 N–H and O–H groups in total. The van der Waals surface area contributed by atoms with Crippen molar-refractivity contribution in [2.45, 2.75) is 12.8 Å². The fraction of sp³-hybridized carbons (Fsp3) is 0.0392. The van der Waals surface area contributed by atoms with Gasteiger partial charge in [0.1, 0.15) is 11.2 Å². The number of aromatic nitrogens is 3. The van der Waals surface area contributed by atoms with E-state index in [0.29, 0.717) is 17.5 Å². The van der Waals surface area contributed by atoms with Crippen LogP contribution >= 0.6 is 11.3 Å². The molecular formula is C51H31N3OS. The highest BCUT2D eigenvalue weighted by molar-refractivity contribution is 7.19. The minimum atomic E-state index is 0.647. The Morgan fingerprint density at radius 1 is 0.482 bits per heavy atom. The molecule has 0 atom stereocenters. The van der Waals surface area contributed by atoms with Crippen LogP contribution in [0.2, 0.25) is 0 Å². The second kappa shape index (κ2) is 12.3. The van der Waals surface area contributed by atoms with Crippen molar-refractivity contribution in [2.24, 2.45) is 0 Å².